The normalized spacial score (nSPS) is 21.0. The Bertz CT molecular complexity index is 906. The fraction of sp³-hybridized carbons (Fsp3) is 0.385. The highest BCUT2D eigenvalue weighted by atomic mass is 16.3. The van der Waals surface area contributed by atoms with Gasteiger partial charge in [0.1, 0.15) is 17.1 Å². The first-order valence-corrected chi connectivity index (χ1v) is 10.8. The standard InChI is InChI=1S/C26H33NO4/c1-5-17(2)14-19(4)15-18(3)8-6-7-9-23(29)24-25(30)22(27-26(24)31)16-20-10-12-21(28)13-11-20/h6-13,15,17,19,22,28-29H,5,14,16H2,1-4H3,(H,27,31)/b8-6+,9-7+,18-15+,24-23-/t17-,19-,22?/m1/s1. The molecule has 1 aromatic rings. The third-order valence-electron chi connectivity index (χ3n) is 5.47. The van der Waals surface area contributed by atoms with E-state index in [1.54, 1.807) is 24.3 Å². The van der Waals surface area contributed by atoms with Crippen molar-refractivity contribution in [1.82, 2.24) is 5.32 Å². The van der Waals surface area contributed by atoms with Gasteiger partial charge in [-0.25, -0.2) is 0 Å². The number of rotatable bonds is 9. The molecule has 0 saturated carbocycles. The fourth-order valence-electron chi connectivity index (χ4n) is 3.65. The van der Waals surface area contributed by atoms with Crippen LogP contribution in [0.25, 0.3) is 0 Å². The number of carbonyl (C=O) groups is 2. The lowest BCUT2D eigenvalue weighted by Gasteiger charge is -2.12. The summed E-state index contributed by atoms with van der Waals surface area (Å²) >= 11 is 0. The van der Waals surface area contributed by atoms with E-state index in [-0.39, 0.29) is 17.1 Å². The van der Waals surface area contributed by atoms with Crippen LogP contribution in [-0.4, -0.2) is 27.9 Å². The number of hydrogen-bond acceptors (Lipinski definition) is 4. The van der Waals surface area contributed by atoms with Gasteiger partial charge in [0, 0.05) is 6.42 Å². The number of benzene rings is 1. The summed E-state index contributed by atoms with van der Waals surface area (Å²) in [6.45, 7) is 8.68. The Labute approximate surface area is 184 Å². The second-order valence-electron chi connectivity index (χ2n) is 8.38. The van der Waals surface area contributed by atoms with Gasteiger partial charge in [0.05, 0.1) is 6.04 Å². The van der Waals surface area contributed by atoms with Crippen molar-refractivity contribution < 1.29 is 19.8 Å². The van der Waals surface area contributed by atoms with E-state index in [0.717, 1.165) is 17.6 Å². The van der Waals surface area contributed by atoms with E-state index >= 15 is 0 Å². The summed E-state index contributed by atoms with van der Waals surface area (Å²) in [7, 11) is 0. The maximum absolute atomic E-state index is 12.6. The van der Waals surface area contributed by atoms with Crippen LogP contribution in [-0.2, 0) is 16.0 Å². The molecule has 1 amide bonds. The highest BCUT2D eigenvalue weighted by Gasteiger charge is 2.37. The first kappa shape index (κ1) is 24.2. The quantitative estimate of drug-likeness (QED) is 0.227. The zero-order valence-electron chi connectivity index (χ0n) is 18.8. The van der Waals surface area contributed by atoms with Crippen molar-refractivity contribution in [3.8, 4) is 5.75 Å². The largest absolute Gasteiger partial charge is 0.508 e. The number of allylic oxidation sites excluding steroid dienone is 6. The molecule has 1 saturated heterocycles. The zero-order valence-corrected chi connectivity index (χ0v) is 18.8. The summed E-state index contributed by atoms with van der Waals surface area (Å²) in [4.78, 5) is 24.8. The van der Waals surface area contributed by atoms with Crippen molar-refractivity contribution in [2.24, 2.45) is 11.8 Å². The van der Waals surface area contributed by atoms with Crippen LogP contribution in [0.5, 0.6) is 5.75 Å². The molecular weight excluding hydrogens is 390 g/mol. The van der Waals surface area contributed by atoms with E-state index in [0.29, 0.717) is 18.3 Å². The van der Waals surface area contributed by atoms with Crippen LogP contribution >= 0.6 is 0 Å². The lowest BCUT2D eigenvalue weighted by molar-refractivity contribution is -0.117. The van der Waals surface area contributed by atoms with Gasteiger partial charge in [-0.3, -0.25) is 9.59 Å². The average Bonchev–Trinajstić information content (AvgIpc) is 2.99. The number of aliphatic hydroxyl groups is 1. The third-order valence-corrected chi connectivity index (χ3v) is 5.47. The Hall–Kier alpha value is -3.08. The first-order chi connectivity index (χ1) is 14.7. The van der Waals surface area contributed by atoms with Crippen molar-refractivity contribution >= 4 is 11.7 Å². The van der Waals surface area contributed by atoms with Gasteiger partial charge >= 0.3 is 0 Å². The lowest BCUT2D eigenvalue weighted by Crippen LogP contribution is -2.31. The SMILES string of the molecule is CC[C@@H](C)C[C@@H](C)/C=C(C)/C=C/C=C/C(O)=C1/C(=O)NC(Cc2ccc(O)cc2)C1=O. The molecule has 0 aromatic heterocycles. The Morgan fingerprint density at radius 3 is 2.42 bits per heavy atom. The van der Waals surface area contributed by atoms with Gasteiger partial charge in [0.2, 0.25) is 0 Å². The molecule has 0 bridgehead atoms. The van der Waals surface area contributed by atoms with Gasteiger partial charge in [-0.2, -0.15) is 0 Å². The molecule has 166 valence electrons. The van der Waals surface area contributed by atoms with Crippen LogP contribution in [0.2, 0.25) is 0 Å². The summed E-state index contributed by atoms with van der Waals surface area (Å²) in [5.41, 5.74) is 1.71. The summed E-state index contributed by atoms with van der Waals surface area (Å²) in [6, 6.07) is 5.72. The molecule has 2 rings (SSSR count). The molecule has 1 aromatic carbocycles. The minimum absolute atomic E-state index is 0.136. The molecule has 5 heteroatoms. The van der Waals surface area contributed by atoms with Crippen LogP contribution in [0, 0.1) is 11.8 Å². The number of hydrogen-bond donors (Lipinski definition) is 3. The van der Waals surface area contributed by atoms with E-state index in [1.165, 1.54) is 24.6 Å². The molecule has 0 aliphatic carbocycles. The predicted molar refractivity (Wildman–Crippen MR) is 124 cm³/mol. The molecule has 1 fully saturated rings. The second-order valence-corrected chi connectivity index (χ2v) is 8.38. The number of aliphatic hydroxyl groups excluding tert-OH is 1. The molecule has 3 N–H and O–H groups in total. The van der Waals surface area contributed by atoms with E-state index in [4.69, 9.17) is 0 Å². The van der Waals surface area contributed by atoms with Crippen LogP contribution in [0.4, 0.5) is 0 Å². The molecular formula is C26H33NO4. The highest BCUT2D eigenvalue weighted by Crippen LogP contribution is 2.20. The first-order valence-electron chi connectivity index (χ1n) is 10.8. The van der Waals surface area contributed by atoms with E-state index < -0.39 is 17.7 Å². The smallest absolute Gasteiger partial charge is 0.259 e. The van der Waals surface area contributed by atoms with Crippen molar-refractivity contribution in [3.63, 3.8) is 0 Å². The third kappa shape index (κ3) is 7.28. The van der Waals surface area contributed by atoms with Crippen LogP contribution < -0.4 is 5.32 Å². The number of carbonyl (C=O) groups excluding carboxylic acids is 2. The van der Waals surface area contributed by atoms with Gasteiger partial charge in [-0.05, 0) is 49.0 Å². The Kier molecular flexibility index (Phi) is 8.86. The Morgan fingerprint density at radius 2 is 1.77 bits per heavy atom. The Balaban J connectivity index is 2.00. The highest BCUT2D eigenvalue weighted by molar-refractivity contribution is 6.27. The van der Waals surface area contributed by atoms with Gasteiger partial charge in [0.25, 0.3) is 5.91 Å². The van der Waals surface area contributed by atoms with Crippen LogP contribution in [0.15, 0.2) is 71.6 Å². The topological polar surface area (TPSA) is 86.6 Å². The van der Waals surface area contributed by atoms with Gasteiger partial charge in [-0.15, -0.1) is 0 Å². The molecule has 3 atom stereocenters. The van der Waals surface area contributed by atoms with Crippen molar-refractivity contribution in [1.29, 1.82) is 0 Å². The van der Waals surface area contributed by atoms with E-state index in [2.05, 4.69) is 32.2 Å². The molecule has 1 unspecified atom stereocenters. The number of nitrogens with one attached hydrogen (secondary N) is 1. The minimum Gasteiger partial charge on any atom is -0.508 e. The minimum atomic E-state index is -0.727. The van der Waals surface area contributed by atoms with Crippen molar-refractivity contribution in [2.75, 3.05) is 0 Å². The fourth-order valence-corrected chi connectivity index (χ4v) is 3.65. The summed E-state index contributed by atoms with van der Waals surface area (Å²) in [5, 5.41) is 22.3. The predicted octanol–water partition coefficient (Wildman–Crippen LogP) is 4.95. The monoisotopic (exact) mass is 423 g/mol. The number of ketones is 1. The molecule has 5 nitrogen and oxygen atoms in total. The maximum atomic E-state index is 12.6. The maximum Gasteiger partial charge on any atom is 0.259 e. The number of aromatic hydroxyl groups is 1. The number of phenolic OH excluding ortho intramolecular Hbond substituents is 1. The average molecular weight is 424 g/mol. The summed E-state index contributed by atoms with van der Waals surface area (Å²) in [5.74, 6) is -0.0259. The summed E-state index contributed by atoms with van der Waals surface area (Å²) in [6.07, 6.45) is 11.5. The van der Waals surface area contributed by atoms with E-state index in [1.807, 2.05) is 13.0 Å². The van der Waals surface area contributed by atoms with Gasteiger partial charge in [0.15, 0.2) is 5.78 Å². The molecule has 31 heavy (non-hydrogen) atoms. The number of amides is 1. The van der Waals surface area contributed by atoms with Gasteiger partial charge in [-0.1, -0.05) is 69.2 Å². The lowest BCUT2D eigenvalue weighted by atomic mass is 9.94. The Morgan fingerprint density at radius 1 is 1.13 bits per heavy atom. The zero-order chi connectivity index (χ0) is 23.0. The molecule has 0 radical (unpaired) electrons. The molecule has 0 spiro atoms. The molecule has 1 aliphatic heterocycles. The van der Waals surface area contributed by atoms with Crippen molar-refractivity contribution in [2.45, 2.75) is 53.0 Å². The van der Waals surface area contributed by atoms with Crippen LogP contribution in [0.1, 0.15) is 46.1 Å². The number of phenols is 1. The second kappa shape index (κ2) is 11.3. The van der Waals surface area contributed by atoms with Crippen molar-refractivity contribution in [3.05, 3.63) is 77.1 Å². The van der Waals surface area contributed by atoms with Crippen LogP contribution in [0.3, 0.4) is 0 Å². The summed E-state index contributed by atoms with van der Waals surface area (Å²) < 4.78 is 0. The number of Topliss-reactive ketones (excluding diaryl/α,β-unsaturated/α-hetero) is 1. The van der Waals surface area contributed by atoms with E-state index in [9.17, 15) is 19.8 Å². The molecule has 1 heterocycles. The van der Waals surface area contributed by atoms with Gasteiger partial charge < -0.3 is 15.5 Å². The molecule has 1 aliphatic rings.